The fourth-order valence-electron chi connectivity index (χ4n) is 3.33. The third kappa shape index (κ3) is 2.68. The summed E-state index contributed by atoms with van der Waals surface area (Å²) in [5.74, 6) is 0. The van der Waals surface area contributed by atoms with E-state index in [1.807, 2.05) is 12.1 Å². The smallest absolute Gasteiger partial charge is 0.242 e. The highest BCUT2D eigenvalue weighted by atomic mass is 32.2. The highest BCUT2D eigenvalue weighted by Crippen LogP contribution is 2.30. The van der Waals surface area contributed by atoms with E-state index in [-0.39, 0.29) is 0 Å². The highest BCUT2D eigenvalue weighted by Gasteiger charge is 2.33. The van der Waals surface area contributed by atoms with Gasteiger partial charge in [-0.05, 0) is 44.9 Å². The van der Waals surface area contributed by atoms with E-state index < -0.39 is 10.0 Å². The van der Waals surface area contributed by atoms with Crippen LogP contribution in [0, 0.1) is 0 Å². The minimum absolute atomic E-state index is 0.327. The minimum Gasteiger partial charge on any atom is -0.381 e. The first kappa shape index (κ1) is 13.9. The molecule has 2 bridgehead atoms. The molecule has 3 N–H and O–H groups in total. The number of piperidine rings is 1. The molecule has 0 aromatic heterocycles. The largest absolute Gasteiger partial charge is 0.381 e. The predicted octanol–water partition coefficient (Wildman–Crippen LogP) is 1.29. The van der Waals surface area contributed by atoms with E-state index in [4.69, 9.17) is 0 Å². The Hall–Kier alpha value is -1.11. The maximum absolute atomic E-state index is 12.0. The summed E-state index contributed by atoms with van der Waals surface area (Å²) >= 11 is 0. The van der Waals surface area contributed by atoms with Crippen LogP contribution < -0.4 is 15.4 Å². The van der Waals surface area contributed by atoms with Crippen LogP contribution in [0.4, 0.5) is 5.69 Å². The number of sulfonamides is 1. The molecule has 5 nitrogen and oxygen atoms in total. The van der Waals surface area contributed by atoms with Crippen LogP contribution in [0.15, 0.2) is 29.2 Å². The number of benzene rings is 1. The summed E-state index contributed by atoms with van der Waals surface area (Å²) in [7, 11) is -1.98. The van der Waals surface area contributed by atoms with Gasteiger partial charge in [0.1, 0.15) is 4.90 Å². The third-order valence-electron chi connectivity index (χ3n) is 4.28. The topological polar surface area (TPSA) is 70.2 Å². The molecule has 2 unspecified atom stereocenters. The van der Waals surface area contributed by atoms with E-state index in [0.29, 0.717) is 28.7 Å². The molecule has 2 atom stereocenters. The molecule has 0 aliphatic carbocycles. The lowest BCUT2D eigenvalue weighted by atomic mass is 9.99. The van der Waals surface area contributed by atoms with Gasteiger partial charge in [-0.2, -0.15) is 0 Å². The van der Waals surface area contributed by atoms with Crippen molar-refractivity contribution in [2.75, 3.05) is 12.4 Å². The van der Waals surface area contributed by atoms with Gasteiger partial charge in [-0.15, -0.1) is 0 Å². The first-order valence-corrected chi connectivity index (χ1v) is 8.62. The molecule has 2 saturated heterocycles. The van der Waals surface area contributed by atoms with Crippen molar-refractivity contribution < 1.29 is 8.42 Å². The highest BCUT2D eigenvalue weighted by molar-refractivity contribution is 7.89. The van der Waals surface area contributed by atoms with Crippen molar-refractivity contribution in [1.29, 1.82) is 0 Å². The lowest BCUT2D eigenvalue weighted by molar-refractivity contribution is 0.378. The number of anilines is 1. The molecule has 2 aliphatic rings. The minimum atomic E-state index is -3.42. The zero-order valence-corrected chi connectivity index (χ0v) is 12.4. The zero-order valence-electron chi connectivity index (χ0n) is 11.6. The third-order valence-corrected chi connectivity index (χ3v) is 5.75. The van der Waals surface area contributed by atoms with Gasteiger partial charge in [0.2, 0.25) is 10.0 Å². The van der Waals surface area contributed by atoms with Crippen LogP contribution in [0.5, 0.6) is 0 Å². The Labute approximate surface area is 120 Å². The summed E-state index contributed by atoms with van der Waals surface area (Å²) in [5.41, 5.74) is 0.702. The van der Waals surface area contributed by atoms with Crippen molar-refractivity contribution in [2.24, 2.45) is 0 Å². The first-order chi connectivity index (χ1) is 9.58. The molecule has 3 rings (SSSR count). The first-order valence-electron chi connectivity index (χ1n) is 7.13. The molecular weight excluding hydrogens is 274 g/mol. The molecule has 6 heteroatoms. The lowest BCUT2D eigenvalue weighted by Gasteiger charge is -2.31. The maximum Gasteiger partial charge on any atom is 0.242 e. The van der Waals surface area contributed by atoms with E-state index in [1.54, 1.807) is 12.1 Å². The normalized spacial score (nSPS) is 29.4. The van der Waals surface area contributed by atoms with Crippen molar-refractivity contribution in [1.82, 2.24) is 10.0 Å². The molecule has 2 heterocycles. The van der Waals surface area contributed by atoms with Gasteiger partial charge in [0, 0.05) is 18.1 Å². The van der Waals surface area contributed by atoms with Crippen LogP contribution in [0.25, 0.3) is 0 Å². The van der Waals surface area contributed by atoms with Crippen LogP contribution >= 0.6 is 0 Å². The van der Waals surface area contributed by atoms with Gasteiger partial charge in [-0.25, -0.2) is 13.1 Å². The van der Waals surface area contributed by atoms with Gasteiger partial charge in [-0.1, -0.05) is 12.1 Å². The number of nitrogens with one attached hydrogen (secondary N) is 3. The van der Waals surface area contributed by atoms with Gasteiger partial charge in [-0.3, -0.25) is 0 Å². The van der Waals surface area contributed by atoms with Crippen LogP contribution in [0.2, 0.25) is 0 Å². The zero-order chi connectivity index (χ0) is 14.2. The molecule has 0 radical (unpaired) electrons. The molecule has 1 aromatic rings. The van der Waals surface area contributed by atoms with E-state index in [2.05, 4.69) is 15.4 Å². The monoisotopic (exact) mass is 295 g/mol. The van der Waals surface area contributed by atoms with Gasteiger partial charge in [0.15, 0.2) is 0 Å². The summed E-state index contributed by atoms with van der Waals surface area (Å²) in [6.07, 6.45) is 4.59. The summed E-state index contributed by atoms with van der Waals surface area (Å²) in [6, 6.07) is 8.62. The predicted molar refractivity (Wildman–Crippen MR) is 79.3 cm³/mol. The van der Waals surface area contributed by atoms with Crippen molar-refractivity contribution in [3.8, 4) is 0 Å². The van der Waals surface area contributed by atoms with Crippen LogP contribution in [0.3, 0.4) is 0 Å². The number of rotatable bonds is 4. The molecule has 20 heavy (non-hydrogen) atoms. The van der Waals surface area contributed by atoms with Gasteiger partial charge >= 0.3 is 0 Å². The molecule has 0 amide bonds. The van der Waals surface area contributed by atoms with E-state index in [1.165, 1.54) is 19.9 Å². The quantitative estimate of drug-likeness (QED) is 0.783. The van der Waals surface area contributed by atoms with Crippen molar-refractivity contribution >= 4 is 15.7 Å². The number of para-hydroxylation sites is 1. The average molecular weight is 295 g/mol. The van der Waals surface area contributed by atoms with Crippen LogP contribution in [0.1, 0.15) is 25.7 Å². The molecule has 110 valence electrons. The Morgan fingerprint density at radius 3 is 2.45 bits per heavy atom. The van der Waals surface area contributed by atoms with E-state index >= 15 is 0 Å². The SMILES string of the molecule is CNS(=O)(=O)c1ccccc1NC1CC2CCC(C1)N2. The van der Waals surface area contributed by atoms with E-state index in [9.17, 15) is 8.42 Å². The van der Waals surface area contributed by atoms with Crippen LogP contribution in [-0.2, 0) is 10.0 Å². The summed E-state index contributed by atoms with van der Waals surface area (Å²) in [5, 5.41) is 7.02. The lowest BCUT2D eigenvalue weighted by Crippen LogP contribution is -2.43. The maximum atomic E-state index is 12.0. The van der Waals surface area contributed by atoms with Crippen molar-refractivity contribution in [3.05, 3.63) is 24.3 Å². The van der Waals surface area contributed by atoms with Gasteiger partial charge < -0.3 is 10.6 Å². The summed E-state index contributed by atoms with van der Waals surface area (Å²) < 4.78 is 26.5. The Bertz CT molecular complexity index is 576. The molecular formula is C14H21N3O2S. The van der Waals surface area contributed by atoms with Crippen molar-refractivity contribution in [3.63, 3.8) is 0 Å². The van der Waals surface area contributed by atoms with Gasteiger partial charge in [0.05, 0.1) is 5.69 Å². The fraction of sp³-hybridized carbons (Fsp3) is 0.571. The second-order valence-electron chi connectivity index (χ2n) is 5.65. The second kappa shape index (κ2) is 5.35. The average Bonchev–Trinajstić information content (AvgIpc) is 2.78. The number of fused-ring (bicyclic) bond motifs is 2. The van der Waals surface area contributed by atoms with Gasteiger partial charge in [0.25, 0.3) is 0 Å². The Kier molecular flexibility index (Phi) is 3.70. The number of hydrogen-bond acceptors (Lipinski definition) is 4. The van der Waals surface area contributed by atoms with E-state index in [0.717, 1.165) is 12.8 Å². The van der Waals surface area contributed by atoms with Crippen LogP contribution in [-0.4, -0.2) is 33.6 Å². The fourth-order valence-corrected chi connectivity index (χ4v) is 4.22. The molecule has 0 spiro atoms. The Morgan fingerprint density at radius 2 is 1.80 bits per heavy atom. The molecule has 1 aromatic carbocycles. The second-order valence-corrected chi connectivity index (χ2v) is 7.51. The summed E-state index contributed by atoms with van der Waals surface area (Å²) in [6.45, 7) is 0. The standard InChI is InChI=1S/C14H21N3O2S/c1-15-20(18,19)14-5-3-2-4-13(14)17-12-8-10-6-7-11(9-12)16-10/h2-5,10-12,15-17H,6-9H2,1H3. The molecule has 2 fully saturated rings. The summed E-state index contributed by atoms with van der Waals surface area (Å²) in [4.78, 5) is 0.327. The number of hydrogen-bond donors (Lipinski definition) is 3. The Morgan fingerprint density at radius 1 is 1.15 bits per heavy atom. The molecule has 0 saturated carbocycles. The van der Waals surface area contributed by atoms with Crippen molar-refractivity contribution in [2.45, 2.75) is 48.7 Å². The Balaban J connectivity index is 1.81. The molecule has 2 aliphatic heterocycles.